The summed E-state index contributed by atoms with van der Waals surface area (Å²) in [5.74, 6) is -0.942. The van der Waals surface area contributed by atoms with Gasteiger partial charge < -0.3 is 20.7 Å². The van der Waals surface area contributed by atoms with Crippen LogP contribution >= 0.6 is 0 Å². The summed E-state index contributed by atoms with van der Waals surface area (Å²) in [7, 11) is 0. The summed E-state index contributed by atoms with van der Waals surface area (Å²) in [4.78, 5) is 39.1. The van der Waals surface area contributed by atoms with Crippen LogP contribution in [0.1, 0.15) is 38.8 Å². The van der Waals surface area contributed by atoms with Crippen LogP contribution in [-0.2, 0) is 9.53 Å². The molecule has 1 atom stereocenters. The minimum Gasteiger partial charge on any atom is -0.463 e. The molecule has 1 aliphatic heterocycles. The zero-order valence-corrected chi connectivity index (χ0v) is 18.8. The van der Waals surface area contributed by atoms with Gasteiger partial charge in [0.15, 0.2) is 0 Å². The van der Waals surface area contributed by atoms with E-state index in [4.69, 9.17) is 4.74 Å². The summed E-state index contributed by atoms with van der Waals surface area (Å²) in [6, 6.07) is 10.8. The monoisotopic (exact) mass is 454 g/mol. The predicted molar refractivity (Wildman–Crippen MR) is 123 cm³/mol. The first-order valence-corrected chi connectivity index (χ1v) is 10.7. The highest BCUT2D eigenvalue weighted by Crippen LogP contribution is 2.32. The molecule has 0 bridgehead atoms. The Balaban J connectivity index is 1.79. The lowest BCUT2D eigenvalue weighted by Gasteiger charge is -2.35. The minimum atomic E-state index is -0.681. The first kappa shape index (κ1) is 23.8. The molecule has 3 rings (SSSR count). The number of amides is 4. The Morgan fingerprint density at radius 3 is 2.42 bits per heavy atom. The molecule has 0 fully saturated rings. The van der Waals surface area contributed by atoms with Crippen molar-refractivity contribution in [1.29, 1.82) is 0 Å². The number of halogens is 1. The normalized spacial score (nSPS) is 15.7. The summed E-state index contributed by atoms with van der Waals surface area (Å²) < 4.78 is 18.5. The average Bonchev–Trinajstić information content (AvgIpc) is 2.77. The zero-order chi connectivity index (χ0) is 24.0. The van der Waals surface area contributed by atoms with Gasteiger partial charge in [-0.2, -0.15) is 0 Å². The maximum absolute atomic E-state index is 13.3. The molecule has 0 spiro atoms. The van der Waals surface area contributed by atoms with Crippen LogP contribution in [0, 0.1) is 5.82 Å². The van der Waals surface area contributed by atoms with Gasteiger partial charge in [-0.1, -0.05) is 25.1 Å². The van der Waals surface area contributed by atoms with E-state index >= 15 is 0 Å². The van der Waals surface area contributed by atoms with Gasteiger partial charge in [-0.3, -0.25) is 4.90 Å². The van der Waals surface area contributed by atoms with Crippen molar-refractivity contribution in [1.82, 2.24) is 10.2 Å². The number of nitrogens with one attached hydrogen (secondary N) is 3. The molecule has 0 aliphatic carbocycles. The number of benzene rings is 2. The van der Waals surface area contributed by atoms with E-state index in [9.17, 15) is 18.8 Å². The first-order chi connectivity index (χ1) is 15.8. The summed E-state index contributed by atoms with van der Waals surface area (Å²) in [6.07, 6.45) is 0.740. The van der Waals surface area contributed by atoms with E-state index in [1.807, 2.05) is 6.92 Å². The number of ether oxygens (including phenoxy) is 1. The lowest BCUT2D eigenvalue weighted by atomic mass is 9.94. The van der Waals surface area contributed by atoms with E-state index in [1.165, 1.54) is 23.1 Å². The summed E-state index contributed by atoms with van der Waals surface area (Å²) in [6.45, 7) is 6.11. The Bertz CT molecular complexity index is 1070. The molecule has 8 nitrogen and oxygen atoms in total. The molecule has 9 heteroatoms. The molecule has 1 unspecified atom stereocenters. The number of rotatable bonds is 7. The Hall–Kier alpha value is -3.88. The van der Waals surface area contributed by atoms with E-state index in [0.29, 0.717) is 34.8 Å². The average molecular weight is 455 g/mol. The van der Waals surface area contributed by atoms with Gasteiger partial charge in [0.25, 0.3) is 0 Å². The number of esters is 1. The maximum Gasteiger partial charge on any atom is 0.338 e. The second kappa shape index (κ2) is 10.6. The number of nitrogens with zero attached hydrogens (tertiary/aromatic N) is 1. The molecule has 2 aromatic rings. The molecule has 0 saturated carbocycles. The molecule has 0 saturated heterocycles. The third-order valence-corrected chi connectivity index (χ3v) is 5.12. The van der Waals surface area contributed by atoms with Crippen LogP contribution in [0.15, 0.2) is 59.8 Å². The molecule has 0 aromatic heterocycles. The van der Waals surface area contributed by atoms with Crippen LogP contribution in [-0.4, -0.2) is 36.1 Å². The second-order valence-electron chi connectivity index (χ2n) is 7.47. The van der Waals surface area contributed by atoms with Gasteiger partial charge in [0.2, 0.25) is 0 Å². The topological polar surface area (TPSA) is 99.8 Å². The summed E-state index contributed by atoms with van der Waals surface area (Å²) in [5.41, 5.74) is 2.40. The van der Waals surface area contributed by atoms with Crippen LogP contribution in [0.5, 0.6) is 0 Å². The Morgan fingerprint density at radius 1 is 1.09 bits per heavy atom. The van der Waals surface area contributed by atoms with Gasteiger partial charge in [0, 0.05) is 23.6 Å². The number of carbonyl (C=O) groups excluding carboxylic acids is 3. The fourth-order valence-electron chi connectivity index (χ4n) is 3.62. The molecule has 3 N–H and O–H groups in total. The molecule has 174 valence electrons. The maximum atomic E-state index is 13.3. The van der Waals surface area contributed by atoms with Crippen molar-refractivity contribution in [3.8, 4) is 0 Å². The van der Waals surface area contributed by atoms with Crippen LogP contribution in [0.4, 0.5) is 25.4 Å². The largest absolute Gasteiger partial charge is 0.463 e. The molecule has 4 amide bonds. The van der Waals surface area contributed by atoms with Crippen molar-refractivity contribution in [3.05, 3.63) is 71.2 Å². The van der Waals surface area contributed by atoms with Crippen LogP contribution in [0.2, 0.25) is 0 Å². The highest BCUT2D eigenvalue weighted by atomic mass is 19.1. The van der Waals surface area contributed by atoms with Crippen LogP contribution < -0.4 is 16.0 Å². The van der Waals surface area contributed by atoms with Gasteiger partial charge >= 0.3 is 18.0 Å². The fraction of sp³-hybridized carbons (Fsp3) is 0.292. The predicted octanol–water partition coefficient (Wildman–Crippen LogP) is 4.78. The smallest absolute Gasteiger partial charge is 0.338 e. The van der Waals surface area contributed by atoms with Gasteiger partial charge in [0.1, 0.15) is 5.82 Å². The lowest BCUT2D eigenvalue weighted by Crippen LogP contribution is -2.48. The minimum absolute atomic E-state index is 0.216. The zero-order valence-electron chi connectivity index (χ0n) is 18.8. The Labute approximate surface area is 191 Å². The Kier molecular flexibility index (Phi) is 7.66. The van der Waals surface area contributed by atoms with Gasteiger partial charge in [-0.05, 0) is 56.2 Å². The number of allylic oxidation sites excluding steroid dienone is 1. The van der Waals surface area contributed by atoms with E-state index < -0.39 is 23.9 Å². The lowest BCUT2D eigenvalue weighted by molar-refractivity contribution is -0.139. The first-order valence-electron chi connectivity index (χ1n) is 10.7. The van der Waals surface area contributed by atoms with Crippen LogP contribution in [0.3, 0.4) is 0 Å². The number of carbonyl (C=O) groups is 3. The number of urea groups is 2. The van der Waals surface area contributed by atoms with Crippen molar-refractivity contribution in [2.75, 3.05) is 23.8 Å². The third kappa shape index (κ3) is 5.68. The van der Waals surface area contributed by atoms with Gasteiger partial charge in [-0.15, -0.1) is 0 Å². The van der Waals surface area contributed by atoms with Crippen molar-refractivity contribution in [2.45, 2.75) is 33.2 Å². The van der Waals surface area contributed by atoms with Gasteiger partial charge in [0.05, 0.1) is 18.2 Å². The quantitative estimate of drug-likeness (QED) is 0.524. The summed E-state index contributed by atoms with van der Waals surface area (Å²) >= 11 is 0. The Morgan fingerprint density at radius 2 is 1.79 bits per heavy atom. The van der Waals surface area contributed by atoms with Crippen molar-refractivity contribution in [3.63, 3.8) is 0 Å². The van der Waals surface area contributed by atoms with E-state index in [1.54, 1.807) is 44.2 Å². The van der Waals surface area contributed by atoms with Crippen molar-refractivity contribution >= 4 is 29.4 Å². The SMILES string of the molecule is CCCN1C(=O)NC(c2ccc(NC(=O)Nc3cccc(F)c3)cc2)C(C(=O)OCC)=C1C. The number of hydrogen-bond donors (Lipinski definition) is 3. The molecular weight excluding hydrogens is 427 g/mol. The van der Waals surface area contributed by atoms with Gasteiger partial charge in [-0.25, -0.2) is 18.8 Å². The molecular formula is C24H27FN4O4. The molecule has 33 heavy (non-hydrogen) atoms. The number of hydrogen-bond acceptors (Lipinski definition) is 4. The third-order valence-electron chi connectivity index (χ3n) is 5.12. The van der Waals surface area contributed by atoms with E-state index in [0.717, 1.165) is 6.42 Å². The molecule has 1 aliphatic rings. The highest BCUT2D eigenvalue weighted by molar-refractivity contribution is 6.00. The standard InChI is InChI=1S/C24H27FN4O4/c1-4-13-29-15(3)20(22(30)33-5-2)21(28-24(29)32)16-9-11-18(12-10-16)26-23(31)27-19-8-6-7-17(25)14-19/h6-12,14,21H,4-5,13H2,1-3H3,(H,28,32)(H2,26,27,31). The highest BCUT2D eigenvalue weighted by Gasteiger charge is 2.36. The fourth-order valence-corrected chi connectivity index (χ4v) is 3.62. The van der Waals surface area contributed by atoms with Crippen molar-refractivity contribution in [2.24, 2.45) is 0 Å². The summed E-state index contributed by atoms with van der Waals surface area (Å²) in [5, 5.41) is 8.10. The molecule has 0 radical (unpaired) electrons. The second-order valence-corrected chi connectivity index (χ2v) is 7.47. The van der Waals surface area contributed by atoms with E-state index in [-0.39, 0.29) is 12.6 Å². The van der Waals surface area contributed by atoms with Crippen molar-refractivity contribution < 1.29 is 23.5 Å². The van der Waals surface area contributed by atoms with Crippen LogP contribution in [0.25, 0.3) is 0 Å². The number of anilines is 2. The molecule has 1 heterocycles. The molecule has 2 aromatic carbocycles. The van der Waals surface area contributed by atoms with E-state index in [2.05, 4.69) is 16.0 Å².